The van der Waals surface area contributed by atoms with Gasteiger partial charge in [-0.1, -0.05) is 0 Å². The van der Waals surface area contributed by atoms with E-state index in [9.17, 15) is 17.6 Å². The van der Waals surface area contributed by atoms with Crippen LogP contribution < -0.4 is 5.32 Å². The highest BCUT2D eigenvalue weighted by molar-refractivity contribution is 7.91. The van der Waals surface area contributed by atoms with Gasteiger partial charge in [-0.25, -0.2) is 17.8 Å². The highest BCUT2D eigenvalue weighted by Crippen LogP contribution is 2.23. The molecule has 26 heavy (non-hydrogen) atoms. The second kappa shape index (κ2) is 7.76. The lowest BCUT2D eigenvalue weighted by atomic mass is 10.2. The molecule has 8 heteroatoms. The smallest absolute Gasteiger partial charge is 0.225 e. The van der Waals surface area contributed by atoms with Crippen LogP contribution in [0.3, 0.4) is 0 Å². The number of carbonyl (C=O) groups excluding carboxylic acids is 1. The van der Waals surface area contributed by atoms with E-state index in [1.54, 1.807) is 18.3 Å². The Hall–Kier alpha value is -2.58. The molecule has 0 atom stereocenters. The number of nitrogens with one attached hydrogen (secondary N) is 1. The zero-order valence-electron chi connectivity index (χ0n) is 13.6. The lowest BCUT2D eigenvalue weighted by Crippen LogP contribution is -2.17. The number of halogens is 1. The number of carbonyl (C=O) groups is 1. The number of aromatic nitrogens is 1. The Morgan fingerprint density at radius 1 is 1.08 bits per heavy atom. The summed E-state index contributed by atoms with van der Waals surface area (Å²) in [6.45, 7) is 0. The number of benzene rings is 2. The number of nitrogens with zero attached hydrogens (tertiary/aromatic N) is 1. The molecule has 1 aromatic heterocycles. The number of amides is 1. The first-order valence-corrected chi connectivity index (χ1v) is 10.3. The number of thiazole rings is 1. The van der Waals surface area contributed by atoms with Gasteiger partial charge in [0.15, 0.2) is 9.84 Å². The summed E-state index contributed by atoms with van der Waals surface area (Å²) in [5.74, 6) is -1.26. The van der Waals surface area contributed by atoms with E-state index < -0.39 is 21.6 Å². The largest absolute Gasteiger partial charge is 0.326 e. The van der Waals surface area contributed by atoms with Crippen molar-refractivity contribution in [2.45, 2.75) is 11.3 Å². The average molecular weight is 390 g/mol. The van der Waals surface area contributed by atoms with E-state index in [0.29, 0.717) is 5.69 Å². The van der Waals surface area contributed by atoms with E-state index in [4.69, 9.17) is 0 Å². The second-order valence-electron chi connectivity index (χ2n) is 5.49. The van der Waals surface area contributed by atoms with E-state index in [1.807, 2.05) is 17.5 Å². The van der Waals surface area contributed by atoms with Crippen LogP contribution in [-0.4, -0.2) is 25.1 Å². The van der Waals surface area contributed by atoms with Gasteiger partial charge in [-0.3, -0.25) is 4.79 Å². The van der Waals surface area contributed by atoms with Crippen LogP contribution in [0, 0.1) is 5.82 Å². The van der Waals surface area contributed by atoms with Gasteiger partial charge in [0.1, 0.15) is 10.8 Å². The number of rotatable bonds is 6. The average Bonchev–Trinajstić information content (AvgIpc) is 3.16. The van der Waals surface area contributed by atoms with Gasteiger partial charge in [-0.2, -0.15) is 0 Å². The standard InChI is InChI=1S/C18H15FN2O3S2/c19-14-3-7-16(8-4-14)26(23,24)12-9-17(22)21-15-5-1-13(2-6-15)18-20-10-11-25-18/h1-8,10-11H,9,12H2,(H,21,22). The molecule has 0 aliphatic heterocycles. The van der Waals surface area contributed by atoms with Crippen LogP contribution in [0.15, 0.2) is 65.0 Å². The molecule has 1 N–H and O–H groups in total. The van der Waals surface area contributed by atoms with Crippen LogP contribution in [0.2, 0.25) is 0 Å². The first-order chi connectivity index (χ1) is 12.4. The Labute approximate surface area is 154 Å². The third kappa shape index (κ3) is 4.53. The molecule has 3 rings (SSSR count). The fraction of sp³-hybridized carbons (Fsp3) is 0.111. The zero-order chi connectivity index (χ0) is 18.6. The molecule has 5 nitrogen and oxygen atoms in total. The van der Waals surface area contributed by atoms with E-state index >= 15 is 0 Å². The molecule has 0 aliphatic rings. The lowest BCUT2D eigenvalue weighted by Gasteiger charge is -2.07. The molecule has 3 aromatic rings. The summed E-state index contributed by atoms with van der Waals surface area (Å²) < 4.78 is 37.2. The van der Waals surface area contributed by atoms with Crippen LogP contribution in [0.25, 0.3) is 10.6 Å². The molecule has 1 amide bonds. The van der Waals surface area contributed by atoms with Crippen molar-refractivity contribution < 1.29 is 17.6 Å². The van der Waals surface area contributed by atoms with E-state index in [0.717, 1.165) is 22.7 Å². The number of hydrogen-bond donors (Lipinski definition) is 1. The van der Waals surface area contributed by atoms with Crippen molar-refractivity contribution in [3.05, 3.63) is 65.9 Å². The van der Waals surface area contributed by atoms with E-state index in [-0.39, 0.29) is 17.1 Å². The third-order valence-corrected chi connectivity index (χ3v) is 6.17. The van der Waals surface area contributed by atoms with Gasteiger partial charge in [0, 0.05) is 29.2 Å². The Morgan fingerprint density at radius 2 is 1.77 bits per heavy atom. The van der Waals surface area contributed by atoms with E-state index in [1.165, 1.54) is 23.5 Å². The number of sulfone groups is 1. The van der Waals surface area contributed by atoms with Crippen LogP contribution in [0.4, 0.5) is 10.1 Å². The van der Waals surface area contributed by atoms with Crippen LogP contribution >= 0.6 is 11.3 Å². The van der Waals surface area contributed by atoms with Crippen molar-refractivity contribution in [1.82, 2.24) is 4.98 Å². The van der Waals surface area contributed by atoms with Crippen LogP contribution in [-0.2, 0) is 14.6 Å². The van der Waals surface area contributed by atoms with Crippen molar-refractivity contribution in [2.24, 2.45) is 0 Å². The summed E-state index contributed by atoms with van der Waals surface area (Å²) in [5, 5.41) is 5.43. The molecular formula is C18H15FN2O3S2. The van der Waals surface area contributed by atoms with Crippen molar-refractivity contribution >= 4 is 32.8 Å². The third-order valence-electron chi connectivity index (χ3n) is 3.62. The van der Waals surface area contributed by atoms with Crippen molar-refractivity contribution in [1.29, 1.82) is 0 Å². The Bertz CT molecular complexity index is 984. The van der Waals surface area contributed by atoms with Gasteiger partial charge >= 0.3 is 0 Å². The lowest BCUT2D eigenvalue weighted by molar-refractivity contribution is -0.115. The zero-order valence-corrected chi connectivity index (χ0v) is 15.2. The number of anilines is 1. The van der Waals surface area contributed by atoms with Gasteiger partial charge in [-0.15, -0.1) is 11.3 Å². The summed E-state index contributed by atoms with van der Waals surface area (Å²) in [4.78, 5) is 16.2. The first kappa shape index (κ1) is 18.2. The predicted octanol–water partition coefficient (Wildman–Crippen LogP) is 3.75. The van der Waals surface area contributed by atoms with Gasteiger partial charge in [-0.05, 0) is 48.5 Å². The van der Waals surface area contributed by atoms with Crippen LogP contribution in [0.5, 0.6) is 0 Å². The summed E-state index contributed by atoms with van der Waals surface area (Å²) in [6.07, 6.45) is 1.53. The molecule has 0 radical (unpaired) electrons. The Morgan fingerprint density at radius 3 is 2.38 bits per heavy atom. The highest BCUT2D eigenvalue weighted by Gasteiger charge is 2.16. The maximum absolute atomic E-state index is 12.9. The second-order valence-corrected chi connectivity index (χ2v) is 8.49. The fourth-order valence-corrected chi connectivity index (χ4v) is 4.16. The molecule has 134 valence electrons. The highest BCUT2D eigenvalue weighted by atomic mass is 32.2. The van der Waals surface area contributed by atoms with Gasteiger partial charge in [0.05, 0.1) is 10.6 Å². The SMILES string of the molecule is O=C(CCS(=O)(=O)c1ccc(F)cc1)Nc1ccc(-c2nccs2)cc1. The quantitative estimate of drug-likeness (QED) is 0.651. The molecule has 0 fully saturated rings. The maximum atomic E-state index is 12.9. The Balaban J connectivity index is 1.58. The van der Waals surface area contributed by atoms with Gasteiger partial charge in [0.2, 0.25) is 5.91 Å². The molecule has 0 aliphatic carbocycles. The summed E-state index contributed by atoms with van der Waals surface area (Å²) in [5.41, 5.74) is 1.52. The van der Waals surface area contributed by atoms with Gasteiger partial charge in [0.25, 0.3) is 0 Å². The minimum Gasteiger partial charge on any atom is -0.326 e. The van der Waals surface area contributed by atoms with Crippen LogP contribution in [0.1, 0.15) is 6.42 Å². The van der Waals surface area contributed by atoms with Crippen molar-refractivity contribution in [3.63, 3.8) is 0 Å². The normalized spacial score (nSPS) is 11.3. The molecule has 0 bridgehead atoms. The molecule has 0 unspecified atom stereocenters. The molecule has 2 aromatic carbocycles. The monoisotopic (exact) mass is 390 g/mol. The minimum absolute atomic E-state index is 0.000462. The van der Waals surface area contributed by atoms with Crippen molar-refractivity contribution in [2.75, 3.05) is 11.1 Å². The first-order valence-electron chi connectivity index (χ1n) is 7.72. The fourth-order valence-electron chi connectivity index (χ4n) is 2.27. The molecule has 0 saturated heterocycles. The Kier molecular flexibility index (Phi) is 5.43. The minimum atomic E-state index is -3.64. The molecular weight excluding hydrogens is 375 g/mol. The maximum Gasteiger partial charge on any atom is 0.225 e. The molecule has 0 spiro atoms. The summed E-state index contributed by atoms with van der Waals surface area (Å²) in [7, 11) is -3.64. The summed E-state index contributed by atoms with van der Waals surface area (Å²) >= 11 is 1.52. The number of hydrogen-bond acceptors (Lipinski definition) is 5. The van der Waals surface area contributed by atoms with Crippen molar-refractivity contribution in [3.8, 4) is 10.6 Å². The molecule has 0 saturated carbocycles. The van der Waals surface area contributed by atoms with Gasteiger partial charge < -0.3 is 5.32 Å². The predicted molar refractivity (Wildman–Crippen MR) is 99.2 cm³/mol. The topological polar surface area (TPSA) is 76.1 Å². The summed E-state index contributed by atoms with van der Waals surface area (Å²) in [6, 6.07) is 11.7. The van der Waals surface area contributed by atoms with E-state index in [2.05, 4.69) is 10.3 Å². The molecule has 1 heterocycles.